The predicted molar refractivity (Wildman–Crippen MR) is 82.4 cm³/mol. The Labute approximate surface area is 122 Å². The molecule has 0 bridgehead atoms. The summed E-state index contributed by atoms with van der Waals surface area (Å²) in [5.41, 5.74) is 5.54. The van der Waals surface area contributed by atoms with Crippen LogP contribution in [0.3, 0.4) is 0 Å². The van der Waals surface area contributed by atoms with Crippen LogP contribution in [0.1, 0.15) is 25.0 Å². The number of rotatable bonds is 5. The number of morpholine rings is 1. The number of ether oxygens (including phenoxy) is 1. The van der Waals surface area contributed by atoms with E-state index in [0.717, 1.165) is 26.1 Å². The molecule has 0 aliphatic carbocycles. The quantitative estimate of drug-likeness (QED) is 0.632. The lowest BCUT2D eigenvalue weighted by molar-refractivity contribution is -0.0552. The van der Waals surface area contributed by atoms with Crippen LogP contribution in [0.2, 0.25) is 0 Å². The molecule has 1 heterocycles. The Kier molecular flexibility index (Phi) is 5.54. The number of nitrogens with two attached hydrogens (primary N) is 1. The van der Waals surface area contributed by atoms with E-state index in [9.17, 15) is 0 Å². The number of hydrogen-bond donors (Lipinski definition) is 2. The van der Waals surface area contributed by atoms with Crippen LogP contribution < -0.4 is 11.3 Å². The third-order valence-corrected chi connectivity index (χ3v) is 4.06. The summed E-state index contributed by atoms with van der Waals surface area (Å²) in [4.78, 5) is 2.45. The van der Waals surface area contributed by atoms with Crippen molar-refractivity contribution in [1.29, 1.82) is 0 Å². The topological polar surface area (TPSA) is 50.5 Å². The van der Waals surface area contributed by atoms with Crippen LogP contribution in [0, 0.1) is 6.92 Å². The maximum atomic E-state index is 5.93. The molecule has 0 radical (unpaired) electrons. The van der Waals surface area contributed by atoms with Gasteiger partial charge in [0.2, 0.25) is 0 Å². The standard InChI is InChI=1S/C16H27N3O/c1-12(2)19-7-8-20-16(11-19)15(18-17)10-14-6-4-5-13(3)9-14/h4-6,9,12,15-16,18H,7-8,10-11,17H2,1-3H3. The molecule has 2 rings (SSSR count). The van der Waals surface area contributed by atoms with Gasteiger partial charge in [0.15, 0.2) is 0 Å². The molecule has 2 atom stereocenters. The fourth-order valence-electron chi connectivity index (χ4n) is 2.80. The molecule has 1 fully saturated rings. The minimum Gasteiger partial charge on any atom is -0.374 e. The van der Waals surface area contributed by atoms with E-state index < -0.39 is 0 Å². The highest BCUT2D eigenvalue weighted by molar-refractivity contribution is 5.23. The van der Waals surface area contributed by atoms with E-state index in [1.165, 1.54) is 11.1 Å². The molecule has 2 unspecified atom stereocenters. The SMILES string of the molecule is Cc1cccc(CC(NN)C2CN(C(C)C)CCO2)c1. The number of hydrazine groups is 1. The number of hydrogen-bond acceptors (Lipinski definition) is 4. The van der Waals surface area contributed by atoms with E-state index in [0.29, 0.717) is 6.04 Å². The number of nitrogens with one attached hydrogen (secondary N) is 1. The van der Waals surface area contributed by atoms with Gasteiger partial charge in [-0.2, -0.15) is 0 Å². The summed E-state index contributed by atoms with van der Waals surface area (Å²) in [5.74, 6) is 5.76. The molecule has 0 spiro atoms. The van der Waals surface area contributed by atoms with Crippen LogP contribution in [0.25, 0.3) is 0 Å². The van der Waals surface area contributed by atoms with Gasteiger partial charge in [-0.3, -0.25) is 16.2 Å². The first-order valence-corrected chi connectivity index (χ1v) is 7.47. The molecule has 0 saturated carbocycles. The fraction of sp³-hybridized carbons (Fsp3) is 0.625. The molecule has 20 heavy (non-hydrogen) atoms. The van der Waals surface area contributed by atoms with Crippen LogP contribution in [0.4, 0.5) is 0 Å². The van der Waals surface area contributed by atoms with E-state index in [4.69, 9.17) is 10.6 Å². The Morgan fingerprint density at radius 1 is 1.45 bits per heavy atom. The van der Waals surface area contributed by atoms with Gasteiger partial charge < -0.3 is 4.74 Å². The Morgan fingerprint density at radius 2 is 2.25 bits per heavy atom. The van der Waals surface area contributed by atoms with Gasteiger partial charge >= 0.3 is 0 Å². The zero-order valence-electron chi connectivity index (χ0n) is 12.8. The average Bonchev–Trinajstić information content (AvgIpc) is 2.45. The second-order valence-electron chi connectivity index (χ2n) is 5.96. The first-order chi connectivity index (χ1) is 9.60. The normalized spacial score (nSPS) is 22.1. The van der Waals surface area contributed by atoms with Gasteiger partial charge in [-0.1, -0.05) is 29.8 Å². The summed E-state index contributed by atoms with van der Waals surface area (Å²) in [5, 5.41) is 0. The third kappa shape index (κ3) is 4.03. The minimum absolute atomic E-state index is 0.150. The smallest absolute Gasteiger partial charge is 0.0872 e. The van der Waals surface area contributed by atoms with E-state index in [-0.39, 0.29) is 12.1 Å². The largest absolute Gasteiger partial charge is 0.374 e. The van der Waals surface area contributed by atoms with Crippen molar-refractivity contribution in [3.05, 3.63) is 35.4 Å². The van der Waals surface area contributed by atoms with Gasteiger partial charge in [0, 0.05) is 19.1 Å². The van der Waals surface area contributed by atoms with Crippen LogP contribution in [-0.4, -0.2) is 42.8 Å². The molecule has 4 nitrogen and oxygen atoms in total. The van der Waals surface area contributed by atoms with E-state index in [1.54, 1.807) is 0 Å². The van der Waals surface area contributed by atoms with Gasteiger partial charge in [-0.05, 0) is 32.8 Å². The highest BCUT2D eigenvalue weighted by Crippen LogP contribution is 2.15. The van der Waals surface area contributed by atoms with Crippen molar-refractivity contribution in [3.8, 4) is 0 Å². The number of nitrogens with zero attached hydrogens (tertiary/aromatic N) is 1. The molecule has 1 aromatic rings. The zero-order valence-corrected chi connectivity index (χ0v) is 12.8. The van der Waals surface area contributed by atoms with Crippen LogP contribution in [0.15, 0.2) is 24.3 Å². The first kappa shape index (κ1) is 15.4. The van der Waals surface area contributed by atoms with Crippen LogP contribution >= 0.6 is 0 Å². The molecule has 3 N–H and O–H groups in total. The minimum atomic E-state index is 0.150. The maximum Gasteiger partial charge on any atom is 0.0872 e. The van der Waals surface area contributed by atoms with Gasteiger partial charge in [0.05, 0.1) is 18.8 Å². The molecular formula is C16H27N3O. The first-order valence-electron chi connectivity index (χ1n) is 7.47. The zero-order chi connectivity index (χ0) is 14.5. The molecule has 0 aromatic heterocycles. The van der Waals surface area contributed by atoms with Gasteiger partial charge in [-0.25, -0.2) is 0 Å². The lowest BCUT2D eigenvalue weighted by Crippen LogP contribution is -2.56. The fourth-order valence-corrected chi connectivity index (χ4v) is 2.80. The van der Waals surface area contributed by atoms with Gasteiger partial charge in [0.25, 0.3) is 0 Å². The van der Waals surface area contributed by atoms with Crippen LogP contribution in [0.5, 0.6) is 0 Å². The highest BCUT2D eigenvalue weighted by atomic mass is 16.5. The molecule has 0 amide bonds. The molecule has 1 aliphatic rings. The Hall–Kier alpha value is -0.940. The van der Waals surface area contributed by atoms with Gasteiger partial charge in [0.1, 0.15) is 0 Å². The Morgan fingerprint density at radius 3 is 2.90 bits per heavy atom. The summed E-state index contributed by atoms with van der Waals surface area (Å²) in [7, 11) is 0. The Balaban J connectivity index is 2.00. The number of benzene rings is 1. The van der Waals surface area contributed by atoms with Crippen molar-refractivity contribution < 1.29 is 4.74 Å². The molecule has 1 aromatic carbocycles. The van der Waals surface area contributed by atoms with E-state index in [2.05, 4.69) is 55.4 Å². The maximum absolute atomic E-state index is 5.93. The monoisotopic (exact) mass is 277 g/mol. The van der Waals surface area contributed by atoms with Crippen molar-refractivity contribution in [2.75, 3.05) is 19.7 Å². The highest BCUT2D eigenvalue weighted by Gasteiger charge is 2.28. The average molecular weight is 277 g/mol. The van der Waals surface area contributed by atoms with Crippen LogP contribution in [-0.2, 0) is 11.2 Å². The molecule has 112 valence electrons. The van der Waals surface area contributed by atoms with E-state index >= 15 is 0 Å². The summed E-state index contributed by atoms with van der Waals surface area (Å²) >= 11 is 0. The molecule has 1 saturated heterocycles. The van der Waals surface area contributed by atoms with Crippen molar-refractivity contribution in [1.82, 2.24) is 10.3 Å². The molecular weight excluding hydrogens is 250 g/mol. The second kappa shape index (κ2) is 7.18. The summed E-state index contributed by atoms with van der Waals surface area (Å²) in [6.07, 6.45) is 1.05. The lowest BCUT2D eigenvalue weighted by atomic mass is 9.99. The van der Waals surface area contributed by atoms with Gasteiger partial charge in [-0.15, -0.1) is 0 Å². The molecule has 4 heteroatoms. The summed E-state index contributed by atoms with van der Waals surface area (Å²) in [6, 6.07) is 9.29. The summed E-state index contributed by atoms with van der Waals surface area (Å²) < 4.78 is 5.93. The van der Waals surface area contributed by atoms with E-state index in [1.807, 2.05) is 0 Å². The number of aryl methyl sites for hydroxylation is 1. The molecule has 1 aliphatic heterocycles. The third-order valence-electron chi connectivity index (χ3n) is 4.06. The van der Waals surface area contributed by atoms with Crippen molar-refractivity contribution in [2.45, 2.75) is 45.4 Å². The van der Waals surface area contributed by atoms with Crippen molar-refractivity contribution in [2.24, 2.45) is 5.84 Å². The lowest BCUT2D eigenvalue weighted by Gasteiger charge is -2.38. The second-order valence-corrected chi connectivity index (χ2v) is 5.96. The predicted octanol–water partition coefficient (Wildman–Crippen LogP) is 1.48. The van der Waals surface area contributed by atoms with Crippen molar-refractivity contribution in [3.63, 3.8) is 0 Å². The van der Waals surface area contributed by atoms with Crippen molar-refractivity contribution >= 4 is 0 Å². The Bertz CT molecular complexity index is 422. The summed E-state index contributed by atoms with van der Waals surface area (Å²) in [6.45, 7) is 9.32.